The summed E-state index contributed by atoms with van der Waals surface area (Å²) in [5, 5.41) is 0. The lowest BCUT2D eigenvalue weighted by Gasteiger charge is -2.36. The Morgan fingerprint density at radius 1 is 1.18 bits per heavy atom. The molecule has 8 heteroatoms. The molecule has 0 N–H and O–H groups in total. The van der Waals surface area contributed by atoms with Crippen LogP contribution in [0, 0.1) is 0 Å². The average molecular weight is 461 g/mol. The van der Waals surface area contributed by atoms with Crippen LogP contribution in [0.3, 0.4) is 0 Å². The molecule has 0 spiro atoms. The van der Waals surface area contributed by atoms with Gasteiger partial charge in [0, 0.05) is 12.6 Å². The van der Waals surface area contributed by atoms with Crippen molar-refractivity contribution in [3.05, 3.63) is 48.6 Å². The predicted molar refractivity (Wildman–Crippen MR) is 125 cm³/mol. The van der Waals surface area contributed by atoms with Crippen LogP contribution in [0.4, 0.5) is 9.59 Å². The van der Waals surface area contributed by atoms with Gasteiger partial charge in [0.15, 0.2) is 0 Å². The van der Waals surface area contributed by atoms with Crippen molar-refractivity contribution in [2.45, 2.75) is 77.3 Å². The number of carbonyl (C=O) groups excluding carboxylic acids is 3. The van der Waals surface area contributed by atoms with E-state index in [2.05, 4.69) is 6.58 Å². The van der Waals surface area contributed by atoms with Crippen molar-refractivity contribution in [2.75, 3.05) is 13.7 Å². The molecule has 0 aliphatic carbocycles. The van der Waals surface area contributed by atoms with E-state index in [-0.39, 0.29) is 25.2 Å². The number of carbonyl (C=O) groups is 3. The third kappa shape index (κ3) is 7.51. The molecule has 0 aromatic heterocycles. The van der Waals surface area contributed by atoms with Gasteiger partial charge in [0.25, 0.3) is 0 Å². The fourth-order valence-corrected chi connectivity index (χ4v) is 3.89. The van der Waals surface area contributed by atoms with Crippen molar-refractivity contribution >= 4 is 18.2 Å². The Bertz CT molecular complexity index is 820. The summed E-state index contributed by atoms with van der Waals surface area (Å²) in [4.78, 5) is 41.3. The van der Waals surface area contributed by atoms with E-state index in [0.717, 1.165) is 12.0 Å². The molecule has 8 nitrogen and oxygen atoms in total. The molecule has 2 unspecified atom stereocenters. The van der Waals surface area contributed by atoms with Gasteiger partial charge < -0.3 is 19.1 Å². The molecule has 33 heavy (non-hydrogen) atoms. The van der Waals surface area contributed by atoms with Crippen molar-refractivity contribution in [1.82, 2.24) is 9.80 Å². The first-order chi connectivity index (χ1) is 15.6. The maximum atomic E-state index is 13.0. The van der Waals surface area contributed by atoms with Crippen LogP contribution in [0.5, 0.6) is 0 Å². The average Bonchev–Trinajstić information content (AvgIpc) is 3.17. The van der Waals surface area contributed by atoms with E-state index in [1.165, 1.54) is 12.0 Å². The standard InChI is InChI=1S/C25H36N2O6/c1-7-11-20-14-15-21(27(20)24(30)33-25(3,4)5)16-26(18(2)22(28)31-6)23(29)32-17-19-12-9-8-10-13-19/h7-10,12-13,18,20-21H,1,11,14-17H2,2-6H3/t18-,20?,21?/m0/s1. The highest BCUT2D eigenvalue weighted by molar-refractivity contribution is 5.81. The second kappa shape index (κ2) is 11.7. The van der Waals surface area contributed by atoms with Crippen molar-refractivity contribution in [2.24, 2.45) is 0 Å². The van der Waals surface area contributed by atoms with Gasteiger partial charge in [0.05, 0.1) is 13.2 Å². The predicted octanol–water partition coefficient (Wildman–Crippen LogP) is 4.53. The third-order valence-corrected chi connectivity index (χ3v) is 5.52. The molecule has 0 bridgehead atoms. The van der Waals surface area contributed by atoms with Gasteiger partial charge in [-0.25, -0.2) is 14.4 Å². The van der Waals surface area contributed by atoms with Crippen LogP contribution in [0.25, 0.3) is 0 Å². The van der Waals surface area contributed by atoms with E-state index in [1.807, 2.05) is 51.1 Å². The van der Waals surface area contributed by atoms with Crippen LogP contribution >= 0.6 is 0 Å². The second-order valence-corrected chi connectivity index (χ2v) is 9.19. The number of nitrogens with zero attached hydrogens (tertiary/aromatic N) is 2. The molecular weight excluding hydrogens is 424 g/mol. The van der Waals surface area contributed by atoms with E-state index in [0.29, 0.717) is 12.8 Å². The number of methoxy groups -OCH3 is 1. The summed E-state index contributed by atoms with van der Waals surface area (Å²) in [7, 11) is 1.27. The zero-order valence-corrected chi connectivity index (χ0v) is 20.3. The molecule has 0 radical (unpaired) electrons. The van der Waals surface area contributed by atoms with Crippen LogP contribution in [-0.2, 0) is 25.6 Å². The highest BCUT2D eigenvalue weighted by Gasteiger charge is 2.41. The number of amides is 2. The van der Waals surface area contributed by atoms with E-state index < -0.39 is 29.8 Å². The molecule has 3 atom stereocenters. The largest absolute Gasteiger partial charge is 0.467 e. The van der Waals surface area contributed by atoms with Gasteiger partial charge in [0.2, 0.25) is 0 Å². The first kappa shape index (κ1) is 26.2. The maximum Gasteiger partial charge on any atom is 0.410 e. The molecule has 1 aliphatic rings. The summed E-state index contributed by atoms with van der Waals surface area (Å²) < 4.78 is 16.0. The molecule has 182 valence electrons. The number of ether oxygens (including phenoxy) is 3. The van der Waals surface area contributed by atoms with Gasteiger partial charge in [0.1, 0.15) is 18.2 Å². The fraction of sp³-hybridized carbons (Fsp3) is 0.560. The molecule has 1 heterocycles. The summed E-state index contributed by atoms with van der Waals surface area (Å²) in [5.74, 6) is -0.559. The monoisotopic (exact) mass is 460 g/mol. The molecule has 2 amide bonds. The summed E-state index contributed by atoms with van der Waals surface area (Å²) >= 11 is 0. The zero-order valence-electron chi connectivity index (χ0n) is 20.3. The molecule has 1 fully saturated rings. The van der Waals surface area contributed by atoms with Crippen molar-refractivity contribution in [3.8, 4) is 0 Å². The lowest BCUT2D eigenvalue weighted by atomic mass is 10.1. The number of likely N-dealkylation sites (tertiary alicyclic amines) is 1. The smallest absolute Gasteiger partial charge is 0.410 e. The van der Waals surface area contributed by atoms with E-state index >= 15 is 0 Å². The van der Waals surface area contributed by atoms with Gasteiger partial charge in [-0.15, -0.1) is 6.58 Å². The Balaban J connectivity index is 2.22. The Kier molecular flexibility index (Phi) is 9.32. The van der Waals surface area contributed by atoms with Crippen molar-refractivity contribution in [1.29, 1.82) is 0 Å². The number of benzene rings is 1. The molecule has 1 aromatic rings. The quantitative estimate of drug-likeness (QED) is 0.322. The fourth-order valence-electron chi connectivity index (χ4n) is 3.89. The van der Waals surface area contributed by atoms with Gasteiger partial charge in [-0.3, -0.25) is 4.90 Å². The van der Waals surface area contributed by atoms with E-state index in [1.54, 1.807) is 17.9 Å². The van der Waals surface area contributed by atoms with Crippen molar-refractivity contribution < 1.29 is 28.6 Å². The van der Waals surface area contributed by atoms with Gasteiger partial charge in [-0.05, 0) is 52.5 Å². The Morgan fingerprint density at radius 3 is 2.39 bits per heavy atom. The van der Waals surface area contributed by atoms with Crippen LogP contribution in [-0.4, -0.2) is 65.3 Å². The lowest BCUT2D eigenvalue weighted by molar-refractivity contribution is -0.146. The van der Waals surface area contributed by atoms with E-state index in [4.69, 9.17) is 14.2 Å². The lowest BCUT2D eigenvalue weighted by Crippen LogP contribution is -2.53. The summed E-state index contributed by atoms with van der Waals surface area (Å²) in [6, 6.07) is 7.99. The van der Waals surface area contributed by atoms with Crippen LogP contribution < -0.4 is 0 Å². The number of esters is 1. The minimum atomic E-state index is -0.878. The number of hydrogen-bond acceptors (Lipinski definition) is 6. The van der Waals surface area contributed by atoms with E-state index in [9.17, 15) is 14.4 Å². The van der Waals surface area contributed by atoms with Crippen LogP contribution in [0.2, 0.25) is 0 Å². The number of rotatable bonds is 8. The van der Waals surface area contributed by atoms with Gasteiger partial charge >= 0.3 is 18.2 Å². The van der Waals surface area contributed by atoms with Crippen molar-refractivity contribution in [3.63, 3.8) is 0 Å². The minimum absolute atomic E-state index is 0.0730. The molecular formula is C25H36N2O6. The summed E-state index contributed by atoms with van der Waals surface area (Å²) in [5.41, 5.74) is 0.176. The SMILES string of the molecule is C=CCC1CCC(CN(C(=O)OCc2ccccc2)[C@@H](C)C(=O)OC)N1C(=O)OC(C)(C)C. The highest BCUT2D eigenvalue weighted by Crippen LogP contribution is 2.30. The second-order valence-electron chi connectivity index (χ2n) is 9.19. The summed E-state index contributed by atoms with van der Waals surface area (Å²) in [6.45, 7) is 11.0. The van der Waals surface area contributed by atoms with Crippen LogP contribution in [0.15, 0.2) is 43.0 Å². The molecule has 2 rings (SSSR count). The maximum absolute atomic E-state index is 13.0. The van der Waals surface area contributed by atoms with Crippen LogP contribution in [0.1, 0.15) is 52.5 Å². The molecule has 1 aromatic carbocycles. The summed E-state index contributed by atoms with van der Waals surface area (Å²) in [6.07, 6.45) is 2.70. The minimum Gasteiger partial charge on any atom is -0.467 e. The first-order valence-corrected chi connectivity index (χ1v) is 11.2. The number of hydrogen-bond donors (Lipinski definition) is 0. The zero-order chi connectivity index (χ0) is 24.6. The Labute approximate surface area is 196 Å². The molecule has 1 aliphatic heterocycles. The topological polar surface area (TPSA) is 85.4 Å². The first-order valence-electron chi connectivity index (χ1n) is 11.2. The molecule has 1 saturated heterocycles. The Hall–Kier alpha value is -3.03. The molecule has 0 saturated carbocycles. The van der Waals surface area contributed by atoms with Gasteiger partial charge in [-0.2, -0.15) is 0 Å². The van der Waals surface area contributed by atoms with Gasteiger partial charge in [-0.1, -0.05) is 36.4 Å². The normalized spacial score (nSPS) is 18.9. The highest BCUT2D eigenvalue weighted by atomic mass is 16.6. The third-order valence-electron chi connectivity index (χ3n) is 5.52. The Morgan fingerprint density at radius 2 is 1.82 bits per heavy atom.